The lowest BCUT2D eigenvalue weighted by Crippen LogP contribution is -1.96. The summed E-state index contributed by atoms with van der Waals surface area (Å²) in [6, 6.07) is 0. The molecule has 2 aromatic heterocycles. The highest BCUT2D eigenvalue weighted by Crippen LogP contribution is 2.36. The monoisotopic (exact) mass is 200 g/mol. The maximum atomic E-state index is 4.48. The first kappa shape index (κ1) is 8.59. The third kappa shape index (κ3) is 1.33. The van der Waals surface area contributed by atoms with Crippen LogP contribution >= 0.6 is 0 Å². The van der Waals surface area contributed by atoms with Gasteiger partial charge < -0.3 is 4.98 Å². The smallest absolute Gasteiger partial charge is 0.180 e. The summed E-state index contributed by atoms with van der Waals surface area (Å²) >= 11 is 0. The highest BCUT2D eigenvalue weighted by molar-refractivity contribution is 5.69. The Bertz CT molecular complexity index is 481. The van der Waals surface area contributed by atoms with Crippen LogP contribution in [-0.2, 0) is 0 Å². The van der Waals surface area contributed by atoms with Gasteiger partial charge in [0, 0.05) is 5.92 Å². The van der Waals surface area contributed by atoms with E-state index in [0.29, 0.717) is 5.92 Å². The quantitative estimate of drug-likeness (QED) is 0.718. The summed E-state index contributed by atoms with van der Waals surface area (Å²) in [4.78, 5) is 15.8. The molecule has 76 valence electrons. The van der Waals surface area contributed by atoms with Crippen LogP contribution in [-0.4, -0.2) is 19.9 Å². The average Bonchev–Trinajstić information content (AvgIpc) is 2.82. The van der Waals surface area contributed by atoms with Gasteiger partial charge in [0.05, 0.1) is 6.20 Å². The van der Waals surface area contributed by atoms with E-state index in [-0.39, 0.29) is 0 Å². The fraction of sp³-hybridized carbons (Fsp3) is 0.364. The summed E-state index contributed by atoms with van der Waals surface area (Å²) in [5, 5.41) is 0. The summed E-state index contributed by atoms with van der Waals surface area (Å²) in [6.45, 7) is 4.09. The molecular formula is C11H12N4. The van der Waals surface area contributed by atoms with Crippen LogP contribution in [0.25, 0.3) is 11.2 Å². The Morgan fingerprint density at radius 1 is 1.47 bits per heavy atom. The molecule has 1 aliphatic rings. The zero-order valence-corrected chi connectivity index (χ0v) is 8.40. The van der Waals surface area contributed by atoms with Crippen LogP contribution in [0.2, 0.25) is 0 Å². The van der Waals surface area contributed by atoms with Gasteiger partial charge in [-0.1, -0.05) is 12.2 Å². The molecule has 4 heteroatoms. The number of aromatic amines is 1. The van der Waals surface area contributed by atoms with Gasteiger partial charge in [0.2, 0.25) is 0 Å². The fourth-order valence-corrected chi connectivity index (χ4v) is 2.19. The molecule has 3 rings (SSSR count). The van der Waals surface area contributed by atoms with Crippen molar-refractivity contribution in [1.82, 2.24) is 19.9 Å². The van der Waals surface area contributed by atoms with Crippen molar-refractivity contribution < 1.29 is 0 Å². The summed E-state index contributed by atoms with van der Waals surface area (Å²) < 4.78 is 0. The van der Waals surface area contributed by atoms with Gasteiger partial charge in [0.25, 0.3) is 0 Å². The molecule has 0 saturated heterocycles. The average molecular weight is 200 g/mol. The van der Waals surface area contributed by atoms with Crippen molar-refractivity contribution in [3.05, 3.63) is 30.5 Å². The van der Waals surface area contributed by atoms with E-state index in [1.807, 2.05) is 0 Å². The van der Waals surface area contributed by atoms with Crippen molar-refractivity contribution in [2.45, 2.75) is 25.2 Å². The number of nitrogens with zero attached hydrogens (tertiary/aromatic N) is 3. The topological polar surface area (TPSA) is 54.5 Å². The van der Waals surface area contributed by atoms with Crippen molar-refractivity contribution in [2.75, 3.05) is 0 Å². The van der Waals surface area contributed by atoms with E-state index < -0.39 is 0 Å². The zero-order valence-electron chi connectivity index (χ0n) is 8.40. The summed E-state index contributed by atoms with van der Waals surface area (Å²) in [6.07, 6.45) is 6.76. The van der Waals surface area contributed by atoms with Gasteiger partial charge in [-0.05, 0) is 19.3 Å². The fourth-order valence-electron chi connectivity index (χ4n) is 2.19. The molecule has 0 aliphatic heterocycles. The second-order valence-electron chi connectivity index (χ2n) is 3.99. The maximum absolute atomic E-state index is 4.48. The first-order valence-corrected chi connectivity index (χ1v) is 5.18. The Balaban J connectivity index is 2.08. The summed E-state index contributed by atoms with van der Waals surface area (Å²) in [5.74, 6) is 1.38. The van der Waals surface area contributed by atoms with Crippen LogP contribution in [0.1, 0.15) is 31.0 Å². The highest BCUT2D eigenvalue weighted by Gasteiger charge is 2.23. The van der Waals surface area contributed by atoms with Gasteiger partial charge in [-0.25, -0.2) is 15.0 Å². The molecule has 1 saturated carbocycles. The third-order valence-corrected chi connectivity index (χ3v) is 2.99. The summed E-state index contributed by atoms with van der Waals surface area (Å²) in [7, 11) is 0. The van der Waals surface area contributed by atoms with Crippen molar-refractivity contribution >= 4 is 11.2 Å². The maximum Gasteiger partial charge on any atom is 0.180 e. The van der Waals surface area contributed by atoms with Crippen LogP contribution in [0.5, 0.6) is 0 Å². The third-order valence-electron chi connectivity index (χ3n) is 2.99. The number of fused-ring (bicyclic) bond motifs is 1. The molecule has 1 aliphatic carbocycles. The number of hydrogen-bond donors (Lipinski definition) is 1. The highest BCUT2D eigenvalue weighted by atomic mass is 15.0. The van der Waals surface area contributed by atoms with Gasteiger partial charge >= 0.3 is 0 Å². The van der Waals surface area contributed by atoms with Crippen molar-refractivity contribution in [1.29, 1.82) is 0 Å². The SMILES string of the molecule is C=C1CCCC1c1nc2ncncc2[nH]1. The molecule has 0 aromatic carbocycles. The summed E-state index contributed by atoms with van der Waals surface area (Å²) in [5.41, 5.74) is 2.94. The van der Waals surface area contributed by atoms with Crippen LogP contribution in [0.3, 0.4) is 0 Å². The van der Waals surface area contributed by atoms with Crippen LogP contribution < -0.4 is 0 Å². The van der Waals surface area contributed by atoms with E-state index in [9.17, 15) is 0 Å². The van der Waals surface area contributed by atoms with Gasteiger partial charge in [-0.2, -0.15) is 0 Å². The van der Waals surface area contributed by atoms with E-state index in [1.165, 1.54) is 18.3 Å². The zero-order chi connectivity index (χ0) is 10.3. The largest absolute Gasteiger partial charge is 0.339 e. The number of H-pyrrole nitrogens is 1. The minimum atomic E-state index is 0.388. The number of allylic oxidation sites excluding steroid dienone is 1. The van der Waals surface area contributed by atoms with Gasteiger partial charge in [-0.3, -0.25) is 0 Å². The second-order valence-corrected chi connectivity index (χ2v) is 3.99. The van der Waals surface area contributed by atoms with Crippen LogP contribution in [0, 0.1) is 0 Å². The number of aromatic nitrogens is 4. The van der Waals surface area contributed by atoms with Crippen molar-refractivity contribution in [3.8, 4) is 0 Å². The van der Waals surface area contributed by atoms with Crippen LogP contribution in [0.4, 0.5) is 0 Å². The molecule has 2 aromatic rings. The Morgan fingerprint density at radius 2 is 2.40 bits per heavy atom. The number of imidazole rings is 1. The Labute approximate surface area is 87.5 Å². The predicted octanol–water partition coefficient (Wildman–Crippen LogP) is 2.18. The number of rotatable bonds is 1. The molecule has 1 fully saturated rings. The molecule has 1 N–H and O–H groups in total. The molecule has 0 bridgehead atoms. The van der Waals surface area contributed by atoms with Crippen molar-refractivity contribution in [3.63, 3.8) is 0 Å². The Hall–Kier alpha value is -1.71. The standard InChI is InChI=1S/C11H12N4/c1-7-3-2-4-8(7)10-14-9-5-12-6-13-11(9)15-10/h5-6,8H,1-4H2,(H,12,13,14,15). The molecule has 0 amide bonds. The molecule has 0 spiro atoms. The Morgan fingerprint density at radius 3 is 3.13 bits per heavy atom. The lowest BCUT2D eigenvalue weighted by Gasteiger charge is -2.05. The second kappa shape index (κ2) is 3.15. The lowest BCUT2D eigenvalue weighted by molar-refractivity contribution is 0.751. The normalized spacial score (nSPS) is 21.3. The minimum Gasteiger partial charge on any atom is -0.339 e. The van der Waals surface area contributed by atoms with Crippen LogP contribution in [0.15, 0.2) is 24.7 Å². The molecule has 2 heterocycles. The first-order valence-electron chi connectivity index (χ1n) is 5.18. The number of hydrogen-bond acceptors (Lipinski definition) is 3. The Kier molecular flexibility index (Phi) is 1.80. The van der Waals surface area contributed by atoms with E-state index >= 15 is 0 Å². The minimum absolute atomic E-state index is 0.388. The molecule has 0 radical (unpaired) electrons. The molecule has 15 heavy (non-hydrogen) atoms. The molecule has 1 unspecified atom stereocenters. The van der Waals surface area contributed by atoms with Crippen molar-refractivity contribution in [2.24, 2.45) is 0 Å². The molecule has 1 atom stereocenters. The van der Waals surface area contributed by atoms with Gasteiger partial charge in [0.15, 0.2) is 5.65 Å². The lowest BCUT2D eigenvalue weighted by atomic mass is 10.0. The molecule has 4 nitrogen and oxygen atoms in total. The van der Waals surface area contributed by atoms with E-state index in [0.717, 1.165) is 29.8 Å². The first-order chi connectivity index (χ1) is 7.34. The van der Waals surface area contributed by atoms with E-state index in [2.05, 4.69) is 26.5 Å². The predicted molar refractivity (Wildman–Crippen MR) is 57.4 cm³/mol. The molecular weight excluding hydrogens is 188 g/mol. The number of nitrogens with one attached hydrogen (secondary N) is 1. The van der Waals surface area contributed by atoms with E-state index in [1.54, 1.807) is 6.20 Å². The van der Waals surface area contributed by atoms with Gasteiger partial charge in [-0.15, -0.1) is 0 Å². The van der Waals surface area contributed by atoms with Gasteiger partial charge in [0.1, 0.15) is 17.7 Å². The van der Waals surface area contributed by atoms with E-state index in [4.69, 9.17) is 0 Å².